The Kier molecular flexibility index (Phi) is 3.17. The number of nitrogens with one attached hydrogen (secondary N) is 1. The van der Waals surface area contributed by atoms with Crippen LogP contribution in [0, 0.1) is 0 Å². The Balaban J connectivity index is 1.79. The summed E-state index contributed by atoms with van der Waals surface area (Å²) >= 11 is 1.46. The average molecular weight is 292 g/mol. The van der Waals surface area contributed by atoms with Crippen molar-refractivity contribution in [3.63, 3.8) is 0 Å². The second-order valence-corrected chi connectivity index (χ2v) is 7.65. The summed E-state index contributed by atoms with van der Waals surface area (Å²) in [5.74, 6) is 0. The highest BCUT2D eigenvalue weighted by atomic mass is 32.1. The average Bonchev–Trinajstić information content (AvgIpc) is 2.66. The van der Waals surface area contributed by atoms with Crippen molar-refractivity contribution in [2.45, 2.75) is 57.7 Å². The van der Waals surface area contributed by atoms with Crippen LogP contribution in [-0.2, 0) is 0 Å². The first kappa shape index (κ1) is 13.7. The lowest BCUT2D eigenvalue weighted by molar-refractivity contribution is 0.0559. The normalized spacial score (nSPS) is 22.0. The van der Waals surface area contributed by atoms with Crippen molar-refractivity contribution in [3.8, 4) is 5.19 Å². The SMILES string of the molecule is CC1(C)CC(Oc2nc3nccnc3s2)CC(C)(C)N1. The maximum atomic E-state index is 6.10. The van der Waals surface area contributed by atoms with Crippen LogP contribution in [0.2, 0.25) is 0 Å². The van der Waals surface area contributed by atoms with Crippen molar-refractivity contribution in [3.05, 3.63) is 12.4 Å². The standard InChI is InChI=1S/C14H20N4OS/c1-13(2)7-9(8-14(3,4)18-13)19-12-17-10-11(20-12)16-6-5-15-10/h5-6,9,18H,7-8H2,1-4H3. The van der Waals surface area contributed by atoms with Gasteiger partial charge in [0.1, 0.15) is 6.10 Å². The highest BCUT2D eigenvalue weighted by molar-refractivity contribution is 7.19. The summed E-state index contributed by atoms with van der Waals surface area (Å²) in [6, 6.07) is 0. The maximum Gasteiger partial charge on any atom is 0.277 e. The molecule has 1 saturated heterocycles. The first-order valence-electron chi connectivity index (χ1n) is 6.87. The molecule has 0 aromatic carbocycles. The van der Waals surface area contributed by atoms with Crippen LogP contribution in [0.3, 0.4) is 0 Å². The Hall–Kier alpha value is -1.27. The van der Waals surface area contributed by atoms with Gasteiger partial charge in [0.15, 0.2) is 10.5 Å². The van der Waals surface area contributed by atoms with Gasteiger partial charge in [-0.05, 0) is 27.7 Å². The van der Waals surface area contributed by atoms with Gasteiger partial charge >= 0.3 is 0 Å². The molecule has 5 nitrogen and oxygen atoms in total. The molecule has 0 atom stereocenters. The molecule has 2 aromatic heterocycles. The van der Waals surface area contributed by atoms with Gasteiger partial charge in [0.2, 0.25) is 0 Å². The van der Waals surface area contributed by atoms with E-state index < -0.39 is 0 Å². The van der Waals surface area contributed by atoms with Crippen LogP contribution in [0.15, 0.2) is 12.4 Å². The molecule has 20 heavy (non-hydrogen) atoms. The lowest BCUT2D eigenvalue weighted by atomic mass is 9.81. The van der Waals surface area contributed by atoms with E-state index in [1.54, 1.807) is 12.4 Å². The molecule has 1 aliphatic rings. The summed E-state index contributed by atoms with van der Waals surface area (Å²) in [6.45, 7) is 8.86. The van der Waals surface area contributed by atoms with Crippen molar-refractivity contribution < 1.29 is 4.74 Å². The Morgan fingerprint density at radius 3 is 2.45 bits per heavy atom. The summed E-state index contributed by atoms with van der Waals surface area (Å²) < 4.78 is 6.10. The van der Waals surface area contributed by atoms with E-state index in [1.165, 1.54) is 11.3 Å². The number of nitrogens with zero attached hydrogens (tertiary/aromatic N) is 3. The summed E-state index contributed by atoms with van der Waals surface area (Å²) in [5, 5.41) is 4.32. The van der Waals surface area contributed by atoms with E-state index in [0.29, 0.717) is 10.8 Å². The Bertz CT molecular complexity index is 573. The maximum absolute atomic E-state index is 6.10. The van der Waals surface area contributed by atoms with Gasteiger partial charge in [-0.3, -0.25) is 0 Å². The zero-order valence-corrected chi connectivity index (χ0v) is 13.1. The monoisotopic (exact) mass is 292 g/mol. The number of thiazole rings is 1. The van der Waals surface area contributed by atoms with Crippen LogP contribution in [-0.4, -0.2) is 32.1 Å². The van der Waals surface area contributed by atoms with Gasteiger partial charge in [-0.25, -0.2) is 9.97 Å². The lowest BCUT2D eigenvalue weighted by Gasteiger charge is -2.45. The third kappa shape index (κ3) is 2.91. The molecule has 0 bridgehead atoms. The Labute approximate surface area is 122 Å². The summed E-state index contributed by atoms with van der Waals surface area (Å²) in [6.07, 6.45) is 5.44. The predicted molar refractivity (Wildman–Crippen MR) is 80.2 cm³/mol. The number of hydrogen-bond donors (Lipinski definition) is 1. The molecule has 0 saturated carbocycles. The molecule has 1 N–H and O–H groups in total. The number of hydrogen-bond acceptors (Lipinski definition) is 6. The fraction of sp³-hybridized carbons (Fsp3) is 0.643. The van der Waals surface area contributed by atoms with E-state index in [2.05, 4.69) is 48.0 Å². The topological polar surface area (TPSA) is 59.9 Å². The van der Waals surface area contributed by atoms with Crippen LogP contribution >= 0.6 is 11.3 Å². The molecule has 0 unspecified atom stereocenters. The van der Waals surface area contributed by atoms with Gasteiger partial charge in [-0.15, -0.1) is 0 Å². The molecule has 108 valence electrons. The molecular weight excluding hydrogens is 272 g/mol. The van der Waals surface area contributed by atoms with Crippen molar-refractivity contribution >= 4 is 21.8 Å². The van der Waals surface area contributed by atoms with E-state index in [0.717, 1.165) is 17.7 Å². The summed E-state index contributed by atoms with van der Waals surface area (Å²) in [4.78, 5) is 13.7. The molecule has 1 fully saturated rings. The number of fused-ring (bicyclic) bond motifs is 1. The van der Waals surface area contributed by atoms with Gasteiger partial charge in [0.05, 0.1) is 0 Å². The summed E-state index contributed by atoms with van der Waals surface area (Å²) in [5.41, 5.74) is 0.805. The molecule has 0 spiro atoms. The smallest absolute Gasteiger partial charge is 0.277 e. The van der Waals surface area contributed by atoms with Crippen LogP contribution in [0.5, 0.6) is 5.19 Å². The number of piperidine rings is 1. The number of rotatable bonds is 2. The fourth-order valence-electron chi connectivity index (χ4n) is 3.16. The second-order valence-electron chi connectivity index (χ2n) is 6.71. The molecule has 0 amide bonds. The molecule has 1 aliphatic heterocycles. The van der Waals surface area contributed by atoms with E-state index in [4.69, 9.17) is 4.74 Å². The molecular formula is C14H20N4OS. The van der Waals surface area contributed by atoms with Gasteiger partial charge < -0.3 is 10.1 Å². The third-order valence-corrected chi connectivity index (χ3v) is 4.29. The second kappa shape index (κ2) is 4.63. The molecule has 2 aromatic rings. The number of ether oxygens (including phenoxy) is 1. The molecule has 3 rings (SSSR count). The van der Waals surface area contributed by atoms with E-state index in [-0.39, 0.29) is 17.2 Å². The largest absolute Gasteiger partial charge is 0.466 e. The fourth-order valence-corrected chi connectivity index (χ4v) is 3.95. The Morgan fingerprint density at radius 1 is 1.15 bits per heavy atom. The van der Waals surface area contributed by atoms with E-state index in [1.807, 2.05) is 0 Å². The first-order chi connectivity index (χ1) is 9.33. The predicted octanol–water partition coefficient (Wildman–Crippen LogP) is 2.77. The van der Waals surface area contributed by atoms with Crippen molar-refractivity contribution in [1.82, 2.24) is 20.3 Å². The molecule has 0 aliphatic carbocycles. The van der Waals surface area contributed by atoms with Crippen LogP contribution < -0.4 is 10.1 Å². The number of aromatic nitrogens is 3. The van der Waals surface area contributed by atoms with Gasteiger partial charge in [0.25, 0.3) is 5.19 Å². The van der Waals surface area contributed by atoms with Gasteiger partial charge in [0, 0.05) is 36.3 Å². The molecule has 0 radical (unpaired) electrons. The van der Waals surface area contributed by atoms with Gasteiger partial charge in [-0.2, -0.15) is 4.98 Å². The molecule has 6 heteroatoms. The molecule has 3 heterocycles. The van der Waals surface area contributed by atoms with Gasteiger partial charge in [-0.1, -0.05) is 11.3 Å². The minimum atomic E-state index is 0.0690. The third-order valence-electron chi connectivity index (χ3n) is 3.45. The first-order valence-corrected chi connectivity index (χ1v) is 7.68. The highest BCUT2D eigenvalue weighted by Gasteiger charge is 2.39. The van der Waals surface area contributed by atoms with Crippen molar-refractivity contribution in [1.29, 1.82) is 0 Å². The van der Waals surface area contributed by atoms with Crippen molar-refractivity contribution in [2.75, 3.05) is 0 Å². The van der Waals surface area contributed by atoms with Crippen LogP contribution in [0.25, 0.3) is 10.5 Å². The summed E-state index contributed by atoms with van der Waals surface area (Å²) in [7, 11) is 0. The van der Waals surface area contributed by atoms with E-state index >= 15 is 0 Å². The quantitative estimate of drug-likeness (QED) is 0.922. The Morgan fingerprint density at radius 2 is 1.80 bits per heavy atom. The minimum Gasteiger partial charge on any atom is -0.466 e. The lowest BCUT2D eigenvalue weighted by Crippen LogP contribution is -2.60. The zero-order valence-electron chi connectivity index (χ0n) is 12.3. The van der Waals surface area contributed by atoms with E-state index in [9.17, 15) is 0 Å². The highest BCUT2D eigenvalue weighted by Crippen LogP contribution is 2.33. The minimum absolute atomic E-state index is 0.0690. The van der Waals surface area contributed by atoms with Crippen molar-refractivity contribution in [2.24, 2.45) is 0 Å². The zero-order chi connectivity index (χ0) is 14.4. The van der Waals surface area contributed by atoms with Crippen LogP contribution in [0.1, 0.15) is 40.5 Å². The van der Waals surface area contributed by atoms with Crippen LogP contribution in [0.4, 0.5) is 0 Å².